The highest BCUT2D eigenvalue weighted by Gasteiger charge is 2.28. The molecule has 3 aromatic carbocycles. The molecule has 2 aromatic heterocycles. The van der Waals surface area contributed by atoms with Gasteiger partial charge in [0, 0.05) is 35.9 Å². The van der Waals surface area contributed by atoms with E-state index in [-0.39, 0.29) is 17.9 Å². The third-order valence-electron chi connectivity index (χ3n) is 8.27. The molecule has 5 aromatic rings. The van der Waals surface area contributed by atoms with Crippen LogP contribution in [-0.2, 0) is 30.6 Å². The SMILES string of the molecule is COc1ccc(Cn2c(CCc3ccccc3)nnc2C(Cc2c[nH]c3ccccc23)NC(=O)C2CCNCC2)cc1. The number of ether oxygens (including phenoxy) is 1. The summed E-state index contributed by atoms with van der Waals surface area (Å²) in [6.45, 7) is 2.33. The highest BCUT2D eigenvalue weighted by Crippen LogP contribution is 2.27. The number of amides is 1. The molecule has 216 valence electrons. The first-order chi connectivity index (χ1) is 20.7. The molecule has 1 atom stereocenters. The molecule has 0 bridgehead atoms. The molecule has 8 nitrogen and oxygen atoms in total. The Balaban J connectivity index is 1.36. The van der Waals surface area contributed by atoms with Crippen LogP contribution < -0.4 is 15.4 Å². The molecule has 8 heteroatoms. The second-order valence-corrected chi connectivity index (χ2v) is 11.0. The molecule has 1 fully saturated rings. The Morgan fingerprint density at radius 3 is 2.50 bits per heavy atom. The van der Waals surface area contributed by atoms with E-state index in [0.29, 0.717) is 13.0 Å². The van der Waals surface area contributed by atoms with E-state index in [9.17, 15) is 4.79 Å². The van der Waals surface area contributed by atoms with Crippen LogP contribution in [-0.4, -0.2) is 45.9 Å². The summed E-state index contributed by atoms with van der Waals surface area (Å²) >= 11 is 0. The number of nitrogens with zero attached hydrogens (tertiary/aromatic N) is 3. The number of fused-ring (bicyclic) bond motifs is 1. The fourth-order valence-electron chi connectivity index (χ4n) is 5.88. The predicted octanol–water partition coefficient (Wildman–Crippen LogP) is 5.00. The van der Waals surface area contributed by atoms with Crippen molar-refractivity contribution in [1.82, 2.24) is 30.4 Å². The Hall–Kier alpha value is -4.43. The van der Waals surface area contributed by atoms with Crippen molar-refractivity contribution in [3.05, 3.63) is 113 Å². The first-order valence-corrected chi connectivity index (χ1v) is 14.8. The number of carbonyl (C=O) groups excluding carboxylic acids is 1. The topological polar surface area (TPSA) is 96.9 Å². The monoisotopic (exact) mass is 562 g/mol. The summed E-state index contributed by atoms with van der Waals surface area (Å²) in [5.74, 6) is 2.59. The van der Waals surface area contributed by atoms with Gasteiger partial charge in [0.15, 0.2) is 5.82 Å². The van der Waals surface area contributed by atoms with Gasteiger partial charge < -0.3 is 24.9 Å². The lowest BCUT2D eigenvalue weighted by atomic mass is 9.96. The van der Waals surface area contributed by atoms with E-state index < -0.39 is 0 Å². The van der Waals surface area contributed by atoms with Gasteiger partial charge in [-0.15, -0.1) is 10.2 Å². The predicted molar refractivity (Wildman–Crippen MR) is 164 cm³/mol. The fraction of sp³-hybridized carbons (Fsp3) is 0.324. The van der Waals surface area contributed by atoms with Crippen molar-refractivity contribution in [2.24, 2.45) is 5.92 Å². The minimum atomic E-state index is -0.331. The van der Waals surface area contributed by atoms with Crippen LogP contribution in [0.4, 0.5) is 0 Å². The van der Waals surface area contributed by atoms with E-state index >= 15 is 0 Å². The Labute approximate surface area is 246 Å². The van der Waals surface area contributed by atoms with E-state index in [1.165, 1.54) is 5.56 Å². The van der Waals surface area contributed by atoms with Gasteiger partial charge in [-0.25, -0.2) is 0 Å². The summed E-state index contributed by atoms with van der Waals surface area (Å²) in [7, 11) is 1.68. The lowest BCUT2D eigenvalue weighted by Crippen LogP contribution is -2.41. The van der Waals surface area contributed by atoms with Crippen LogP contribution in [0.3, 0.4) is 0 Å². The van der Waals surface area contributed by atoms with Crippen LogP contribution in [0.2, 0.25) is 0 Å². The molecular formula is C34H38N6O2. The maximum atomic E-state index is 13.6. The molecule has 3 heterocycles. The summed E-state index contributed by atoms with van der Waals surface area (Å²) in [6.07, 6.45) is 5.94. The number of piperidine rings is 1. The molecule has 0 spiro atoms. The molecule has 1 aliphatic heterocycles. The number of para-hydroxylation sites is 1. The standard InChI is InChI=1S/C34H38N6O2/c1-42-28-14-11-25(12-15-28)23-40-32(16-13-24-7-3-2-4-8-24)38-39-33(40)31(37-34(41)26-17-19-35-20-18-26)21-27-22-36-30-10-6-5-9-29(27)30/h2-12,14-15,22,26,31,35-36H,13,16-21,23H2,1H3,(H,37,41). The summed E-state index contributed by atoms with van der Waals surface area (Å²) in [4.78, 5) is 17.0. The zero-order valence-electron chi connectivity index (χ0n) is 24.1. The number of hydrogen-bond donors (Lipinski definition) is 3. The van der Waals surface area contributed by atoms with Crippen LogP contribution >= 0.6 is 0 Å². The van der Waals surface area contributed by atoms with Crippen molar-refractivity contribution in [2.75, 3.05) is 20.2 Å². The highest BCUT2D eigenvalue weighted by atomic mass is 16.5. The van der Waals surface area contributed by atoms with Crippen molar-refractivity contribution in [3.63, 3.8) is 0 Å². The number of methoxy groups -OCH3 is 1. The fourth-order valence-corrected chi connectivity index (χ4v) is 5.88. The highest BCUT2D eigenvalue weighted by molar-refractivity contribution is 5.83. The maximum Gasteiger partial charge on any atom is 0.223 e. The van der Waals surface area contributed by atoms with Crippen LogP contribution in [0.25, 0.3) is 10.9 Å². The molecule has 3 N–H and O–H groups in total. The molecule has 0 saturated carbocycles. The van der Waals surface area contributed by atoms with E-state index in [1.54, 1.807) is 7.11 Å². The van der Waals surface area contributed by atoms with E-state index in [2.05, 4.69) is 81.0 Å². The lowest BCUT2D eigenvalue weighted by molar-refractivity contribution is -0.126. The largest absolute Gasteiger partial charge is 0.497 e. The van der Waals surface area contributed by atoms with Crippen molar-refractivity contribution in [3.8, 4) is 5.75 Å². The summed E-state index contributed by atoms with van der Waals surface area (Å²) in [6, 6.07) is 26.5. The summed E-state index contributed by atoms with van der Waals surface area (Å²) in [5.41, 5.74) is 4.60. The Kier molecular flexibility index (Phi) is 8.61. The van der Waals surface area contributed by atoms with Gasteiger partial charge in [0.05, 0.1) is 19.7 Å². The van der Waals surface area contributed by atoms with Crippen molar-refractivity contribution in [2.45, 2.75) is 44.7 Å². The molecule has 1 unspecified atom stereocenters. The van der Waals surface area contributed by atoms with Crippen molar-refractivity contribution in [1.29, 1.82) is 0 Å². The lowest BCUT2D eigenvalue weighted by Gasteiger charge is -2.26. The van der Waals surface area contributed by atoms with Crippen LogP contribution in [0, 0.1) is 5.92 Å². The number of benzene rings is 3. The Morgan fingerprint density at radius 1 is 0.952 bits per heavy atom. The van der Waals surface area contributed by atoms with Gasteiger partial charge in [-0.1, -0.05) is 60.7 Å². The second-order valence-electron chi connectivity index (χ2n) is 11.0. The first-order valence-electron chi connectivity index (χ1n) is 14.8. The molecule has 1 amide bonds. The third-order valence-corrected chi connectivity index (χ3v) is 8.27. The van der Waals surface area contributed by atoms with E-state index in [4.69, 9.17) is 14.9 Å². The van der Waals surface area contributed by atoms with Gasteiger partial charge in [-0.3, -0.25) is 4.79 Å². The average Bonchev–Trinajstić information content (AvgIpc) is 3.64. The summed E-state index contributed by atoms with van der Waals surface area (Å²) < 4.78 is 7.59. The zero-order chi connectivity index (χ0) is 28.7. The molecule has 1 saturated heterocycles. The second kappa shape index (κ2) is 13.0. The van der Waals surface area contributed by atoms with E-state index in [0.717, 1.165) is 78.2 Å². The van der Waals surface area contributed by atoms with Gasteiger partial charge in [-0.2, -0.15) is 0 Å². The maximum absolute atomic E-state index is 13.6. The number of aryl methyl sites for hydroxylation is 2. The van der Waals surface area contributed by atoms with Gasteiger partial charge in [-0.05, 0) is 67.2 Å². The molecule has 0 aliphatic carbocycles. The number of hydrogen-bond acceptors (Lipinski definition) is 5. The molecular weight excluding hydrogens is 524 g/mol. The zero-order valence-corrected chi connectivity index (χ0v) is 24.1. The molecule has 6 rings (SSSR count). The minimum Gasteiger partial charge on any atom is -0.497 e. The molecule has 1 aliphatic rings. The molecule has 42 heavy (non-hydrogen) atoms. The van der Waals surface area contributed by atoms with Gasteiger partial charge >= 0.3 is 0 Å². The number of aromatic amines is 1. The number of nitrogens with one attached hydrogen (secondary N) is 3. The number of rotatable bonds is 11. The smallest absolute Gasteiger partial charge is 0.223 e. The number of carbonyl (C=O) groups is 1. The first kappa shape index (κ1) is 27.7. The normalized spacial score (nSPS) is 14.6. The summed E-state index contributed by atoms with van der Waals surface area (Å²) in [5, 5.41) is 17.4. The van der Waals surface area contributed by atoms with Crippen LogP contribution in [0.1, 0.15) is 47.2 Å². The quantitative estimate of drug-likeness (QED) is 0.211. The van der Waals surface area contributed by atoms with Crippen LogP contribution in [0.5, 0.6) is 5.75 Å². The average molecular weight is 563 g/mol. The number of H-pyrrole nitrogens is 1. The Bertz CT molecular complexity index is 1600. The number of aromatic nitrogens is 4. The Morgan fingerprint density at radius 2 is 1.71 bits per heavy atom. The van der Waals surface area contributed by atoms with Gasteiger partial charge in [0.1, 0.15) is 11.6 Å². The van der Waals surface area contributed by atoms with Crippen LogP contribution in [0.15, 0.2) is 85.1 Å². The van der Waals surface area contributed by atoms with Gasteiger partial charge in [0.25, 0.3) is 0 Å². The third kappa shape index (κ3) is 6.39. The van der Waals surface area contributed by atoms with Crippen molar-refractivity contribution < 1.29 is 9.53 Å². The minimum absolute atomic E-state index is 0.00719. The van der Waals surface area contributed by atoms with Crippen molar-refractivity contribution >= 4 is 16.8 Å². The molecule has 0 radical (unpaired) electrons. The van der Waals surface area contributed by atoms with Gasteiger partial charge in [0.2, 0.25) is 5.91 Å². The van der Waals surface area contributed by atoms with E-state index in [1.807, 2.05) is 24.3 Å².